The van der Waals surface area contributed by atoms with Crippen LogP contribution in [0.25, 0.3) is 0 Å². The normalized spacial score (nSPS) is 10.5. The van der Waals surface area contributed by atoms with Crippen LogP contribution in [0.3, 0.4) is 0 Å². The summed E-state index contributed by atoms with van der Waals surface area (Å²) in [7, 11) is 0. The maximum atomic E-state index is 5.45. The topological polar surface area (TPSA) is 102 Å². The lowest BCUT2D eigenvalue weighted by Gasteiger charge is -2.09. The molecule has 0 aliphatic heterocycles. The van der Waals surface area contributed by atoms with E-state index in [0.29, 0.717) is 24.2 Å². The summed E-state index contributed by atoms with van der Waals surface area (Å²) in [6.07, 6.45) is 1.71. The molecule has 0 aliphatic rings. The zero-order valence-corrected chi connectivity index (χ0v) is 9.58. The van der Waals surface area contributed by atoms with E-state index in [1.165, 1.54) is 0 Å². The van der Waals surface area contributed by atoms with Crippen molar-refractivity contribution in [3.63, 3.8) is 0 Å². The Labute approximate surface area is 97.8 Å². The number of aromatic amines is 1. The van der Waals surface area contributed by atoms with Crippen molar-refractivity contribution in [1.29, 1.82) is 0 Å². The van der Waals surface area contributed by atoms with Crippen LogP contribution in [-0.4, -0.2) is 36.7 Å². The third-order valence-corrected chi connectivity index (χ3v) is 1.78. The van der Waals surface area contributed by atoms with Crippen LogP contribution in [0.1, 0.15) is 19.7 Å². The monoisotopic (exact) mass is 235 g/mol. The van der Waals surface area contributed by atoms with Gasteiger partial charge in [-0.3, -0.25) is 0 Å². The summed E-state index contributed by atoms with van der Waals surface area (Å²) in [6.45, 7) is 4.28. The number of H-pyrrole nitrogens is 1. The van der Waals surface area contributed by atoms with Crippen molar-refractivity contribution in [2.24, 2.45) is 0 Å². The highest BCUT2D eigenvalue weighted by Gasteiger charge is 2.03. The fourth-order valence-electron chi connectivity index (χ4n) is 1.15. The predicted molar refractivity (Wildman–Crippen MR) is 59.3 cm³/mol. The molecule has 0 spiro atoms. The zero-order valence-electron chi connectivity index (χ0n) is 9.58. The zero-order chi connectivity index (χ0) is 12.1. The second-order valence-corrected chi connectivity index (χ2v) is 3.57. The largest absolute Gasteiger partial charge is 0.475 e. The quantitative estimate of drug-likeness (QED) is 0.772. The summed E-state index contributed by atoms with van der Waals surface area (Å²) in [5, 5.41) is 16.4. The van der Waals surface area contributed by atoms with Crippen LogP contribution < -0.4 is 10.1 Å². The van der Waals surface area contributed by atoms with E-state index in [-0.39, 0.29) is 6.10 Å². The average molecular weight is 235 g/mol. The number of nitrogens with one attached hydrogen (secondary N) is 2. The fraction of sp³-hybridized carbons (Fsp3) is 0.444. The van der Waals surface area contributed by atoms with Crippen molar-refractivity contribution in [2.45, 2.75) is 26.5 Å². The van der Waals surface area contributed by atoms with Crippen molar-refractivity contribution in [2.75, 3.05) is 5.32 Å². The first kappa shape index (κ1) is 11.2. The summed E-state index contributed by atoms with van der Waals surface area (Å²) in [4.78, 5) is 8.24. The minimum Gasteiger partial charge on any atom is -0.475 e. The second kappa shape index (κ2) is 5.19. The fourth-order valence-corrected chi connectivity index (χ4v) is 1.15. The van der Waals surface area contributed by atoms with E-state index in [2.05, 4.69) is 35.9 Å². The number of nitrogens with zero attached hydrogens (tertiary/aromatic N) is 5. The van der Waals surface area contributed by atoms with Crippen LogP contribution in [0, 0.1) is 0 Å². The van der Waals surface area contributed by atoms with Crippen molar-refractivity contribution in [1.82, 2.24) is 30.6 Å². The van der Waals surface area contributed by atoms with E-state index in [9.17, 15) is 0 Å². The number of aromatic nitrogens is 6. The lowest BCUT2D eigenvalue weighted by molar-refractivity contribution is 0.232. The van der Waals surface area contributed by atoms with Crippen molar-refractivity contribution < 1.29 is 4.74 Å². The lowest BCUT2D eigenvalue weighted by atomic mass is 10.5. The van der Waals surface area contributed by atoms with Gasteiger partial charge in [0.25, 0.3) is 0 Å². The first-order valence-electron chi connectivity index (χ1n) is 5.20. The van der Waals surface area contributed by atoms with E-state index in [1.807, 2.05) is 13.8 Å². The van der Waals surface area contributed by atoms with Gasteiger partial charge in [0, 0.05) is 12.3 Å². The van der Waals surface area contributed by atoms with Crippen LogP contribution >= 0.6 is 0 Å². The molecule has 2 aromatic rings. The van der Waals surface area contributed by atoms with Gasteiger partial charge in [-0.2, -0.15) is 10.2 Å². The highest BCUT2D eigenvalue weighted by molar-refractivity contribution is 5.27. The third-order valence-electron chi connectivity index (χ3n) is 1.78. The average Bonchev–Trinajstić information content (AvgIpc) is 2.79. The maximum absolute atomic E-state index is 5.45. The van der Waals surface area contributed by atoms with Gasteiger partial charge in [-0.25, -0.2) is 4.98 Å². The molecule has 0 amide bonds. The van der Waals surface area contributed by atoms with Crippen molar-refractivity contribution in [3.05, 3.63) is 18.1 Å². The van der Waals surface area contributed by atoms with Gasteiger partial charge in [0.1, 0.15) is 0 Å². The van der Waals surface area contributed by atoms with Crippen LogP contribution in [0.15, 0.2) is 12.3 Å². The maximum Gasteiger partial charge on any atom is 0.226 e. The Morgan fingerprint density at radius 2 is 2.35 bits per heavy atom. The molecule has 0 radical (unpaired) electrons. The van der Waals surface area contributed by atoms with Crippen LogP contribution in [0.4, 0.5) is 5.95 Å². The van der Waals surface area contributed by atoms with Gasteiger partial charge < -0.3 is 10.1 Å². The van der Waals surface area contributed by atoms with E-state index < -0.39 is 0 Å². The molecule has 8 heteroatoms. The van der Waals surface area contributed by atoms with E-state index in [1.54, 1.807) is 12.3 Å². The second-order valence-electron chi connectivity index (χ2n) is 3.57. The van der Waals surface area contributed by atoms with Gasteiger partial charge in [0.05, 0.1) is 12.6 Å². The Morgan fingerprint density at radius 3 is 3.06 bits per heavy atom. The number of rotatable bonds is 5. The van der Waals surface area contributed by atoms with E-state index in [4.69, 9.17) is 4.74 Å². The van der Waals surface area contributed by atoms with E-state index in [0.717, 1.165) is 0 Å². The smallest absolute Gasteiger partial charge is 0.226 e. The highest BCUT2D eigenvalue weighted by Crippen LogP contribution is 2.10. The molecule has 90 valence electrons. The SMILES string of the molecule is CC(C)Oc1ccnc(NCc2nn[nH]n2)n1. The number of hydrogen-bond donors (Lipinski definition) is 2. The van der Waals surface area contributed by atoms with Gasteiger partial charge >= 0.3 is 0 Å². The molecule has 2 aromatic heterocycles. The van der Waals surface area contributed by atoms with Gasteiger partial charge in [-0.05, 0) is 13.8 Å². The van der Waals surface area contributed by atoms with Crippen molar-refractivity contribution >= 4 is 5.95 Å². The summed E-state index contributed by atoms with van der Waals surface area (Å²) in [5.74, 6) is 1.54. The summed E-state index contributed by atoms with van der Waals surface area (Å²) in [5.41, 5.74) is 0. The van der Waals surface area contributed by atoms with Crippen LogP contribution in [0.5, 0.6) is 5.88 Å². The molecule has 2 heterocycles. The number of ether oxygens (including phenoxy) is 1. The highest BCUT2D eigenvalue weighted by atomic mass is 16.5. The molecule has 0 atom stereocenters. The molecule has 2 rings (SSSR count). The molecule has 8 nitrogen and oxygen atoms in total. The molecule has 2 N–H and O–H groups in total. The Hall–Kier alpha value is -2.25. The minimum absolute atomic E-state index is 0.0787. The summed E-state index contributed by atoms with van der Waals surface area (Å²) >= 11 is 0. The van der Waals surface area contributed by atoms with Gasteiger partial charge in [-0.1, -0.05) is 5.21 Å². The van der Waals surface area contributed by atoms with Gasteiger partial charge in [0.2, 0.25) is 11.8 Å². The van der Waals surface area contributed by atoms with Crippen molar-refractivity contribution in [3.8, 4) is 5.88 Å². The summed E-state index contributed by atoms with van der Waals surface area (Å²) in [6, 6.07) is 1.71. The third kappa shape index (κ3) is 3.37. The molecule has 0 aromatic carbocycles. The molecule has 0 saturated carbocycles. The molecule has 0 aliphatic carbocycles. The Balaban J connectivity index is 1.96. The predicted octanol–water partition coefficient (Wildman–Crippen LogP) is 0.389. The van der Waals surface area contributed by atoms with Crippen LogP contribution in [0.2, 0.25) is 0 Å². The molecular formula is C9H13N7O. The standard InChI is InChI=1S/C9H13N7O/c1-6(2)17-8-3-4-10-9(12-8)11-5-7-13-15-16-14-7/h3-4,6H,5H2,1-2H3,(H,10,11,12)(H,13,14,15,16). The van der Waals surface area contributed by atoms with E-state index >= 15 is 0 Å². The Bertz CT molecular complexity index is 456. The van der Waals surface area contributed by atoms with Gasteiger partial charge in [0.15, 0.2) is 5.82 Å². The first-order chi connectivity index (χ1) is 8.24. The molecular weight excluding hydrogens is 222 g/mol. The minimum atomic E-state index is 0.0787. The molecule has 0 bridgehead atoms. The molecule has 17 heavy (non-hydrogen) atoms. The lowest BCUT2D eigenvalue weighted by Crippen LogP contribution is -2.09. The summed E-state index contributed by atoms with van der Waals surface area (Å²) < 4.78 is 5.45. The molecule has 0 unspecified atom stereocenters. The molecule has 0 fully saturated rings. The Kier molecular flexibility index (Phi) is 3.43. The number of hydrogen-bond acceptors (Lipinski definition) is 7. The Morgan fingerprint density at radius 1 is 1.47 bits per heavy atom. The first-order valence-corrected chi connectivity index (χ1v) is 5.20. The van der Waals surface area contributed by atoms with Crippen LogP contribution in [-0.2, 0) is 6.54 Å². The van der Waals surface area contributed by atoms with Gasteiger partial charge in [-0.15, -0.1) is 10.2 Å². The molecule has 0 saturated heterocycles. The number of tetrazole rings is 1. The number of anilines is 1.